The van der Waals surface area contributed by atoms with Crippen molar-refractivity contribution >= 4 is 11.7 Å². The molecule has 0 aliphatic heterocycles. The maximum atomic E-state index is 11.2. The van der Waals surface area contributed by atoms with Crippen LogP contribution in [0.15, 0.2) is 0 Å². The summed E-state index contributed by atoms with van der Waals surface area (Å²) in [5, 5.41) is 2.57. The molecule has 0 spiro atoms. The van der Waals surface area contributed by atoms with E-state index in [2.05, 4.69) is 5.32 Å². The normalized spacial score (nSPS) is 12.8. The highest BCUT2D eigenvalue weighted by Crippen LogP contribution is 2.01. The van der Waals surface area contributed by atoms with Gasteiger partial charge in [0.1, 0.15) is 0 Å². The highest BCUT2D eigenvalue weighted by molar-refractivity contribution is 6.36. The first-order chi connectivity index (χ1) is 5.49. The van der Waals surface area contributed by atoms with Crippen molar-refractivity contribution < 1.29 is 9.59 Å². The van der Waals surface area contributed by atoms with Gasteiger partial charge in [-0.2, -0.15) is 0 Å². The van der Waals surface area contributed by atoms with Crippen LogP contribution in [0, 0.1) is 5.92 Å². The fourth-order valence-electron chi connectivity index (χ4n) is 0.743. The first kappa shape index (κ1) is 11.1. The maximum Gasteiger partial charge on any atom is 0.287 e. The molecular weight excluding hydrogens is 154 g/mol. The Labute approximate surface area is 73.5 Å². The molecule has 1 N–H and O–H groups in total. The number of hydrogen-bond acceptors (Lipinski definition) is 2. The average Bonchev–Trinajstić information content (AvgIpc) is 2.00. The van der Waals surface area contributed by atoms with Crippen LogP contribution in [-0.2, 0) is 9.59 Å². The van der Waals surface area contributed by atoms with Gasteiger partial charge in [-0.15, -0.1) is 0 Å². The Hall–Kier alpha value is -0.860. The lowest BCUT2D eigenvalue weighted by molar-refractivity contribution is -0.140. The number of carbonyl (C=O) groups excluding carboxylic acids is 2. The van der Waals surface area contributed by atoms with Crippen LogP contribution in [-0.4, -0.2) is 17.7 Å². The predicted octanol–water partition coefficient (Wildman–Crippen LogP) is 1.13. The zero-order valence-electron chi connectivity index (χ0n) is 8.18. The summed E-state index contributed by atoms with van der Waals surface area (Å²) in [6.07, 6.45) is 0.713. The van der Waals surface area contributed by atoms with Crippen molar-refractivity contribution in [1.29, 1.82) is 0 Å². The molecule has 0 radical (unpaired) electrons. The summed E-state index contributed by atoms with van der Waals surface area (Å²) in [5.41, 5.74) is 0. The second-order valence-electron chi connectivity index (χ2n) is 3.30. The third-order valence-corrected chi connectivity index (χ3v) is 1.70. The van der Waals surface area contributed by atoms with E-state index in [1.807, 2.05) is 20.8 Å². The van der Waals surface area contributed by atoms with Crippen LogP contribution in [0.2, 0.25) is 0 Å². The summed E-state index contributed by atoms with van der Waals surface area (Å²) < 4.78 is 0. The highest BCUT2D eigenvalue weighted by atomic mass is 16.2. The van der Waals surface area contributed by atoms with Crippen molar-refractivity contribution in [3.8, 4) is 0 Å². The second-order valence-corrected chi connectivity index (χ2v) is 3.30. The molecule has 3 nitrogen and oxygen atoms in total. The van der Waals surface area contributed by atoms with Crippen LogP contribution >= 0.6 is 0 Å². The molecule has 0 aliphatic carbocycles. The third kappa shape index (κ3) is 3.51. The van der Waals surface area contributed by atoms with Gasteiger partial charge >= 0.3 is 0 Å². The van der Waals surface area contributed by atoms with E-state index in [-0.39, 0.29) is 17.7 Å². The van der Waals surface area contributed by atoms with Gasteiger partial charge in [0.05, 0.1) is 0 Å². The number of rotatable bonds is 4. The van der Waals surface area contributed by atoms with Crippen molar-refractivity contribution in [2.24, 2.45) is 5.92 Å². The Bertz CT molecular complexity index is 175. The van der Waals surface area contributed by atoms with E-state index in [0.29, 0.717) is 6.42 Å². The molecular formula is C9H17NO2. The number of amides is 1. The summed E-state index contributed by atoms with van der Waals surface area (Å²) in [5.74, 6) is -0.936. The van der Waals surface area contributed by atoms with Crippen molar-refractivity contribution in [2.75, 3.05) is 0 Å². The molecule has 0 rings (SSSR count). The van der Waals surface area contributed by atoms with Crippen molar-refractivity contribution in [1.82, 2.24) is 5.32 Å². The van der Waals surface area contributed by atoms with Gasteiger partial charge in [-0.1, -0.05) is 13.8 Å². The number of nitrogens with one attached hydrogen (secondary N) is 1. The minimum atomic E-state index is -0.459. The zero-order valence-corrected chi connectivity index (χ0v) is 8.18. The molecule has 1 atom stereocenters. The summed E-state index contributed by atoms with van der Waals surface area (Å²) in [7, 11) is 0. The first-order valence-corrected chi connectivity index (χ1v) is 4.33. The molecule has 0 aromatic carbocycles. The molecule has 12 heavy (non-hydrogen) atoms. The molecule has 70 valence electrons. The summed E-state index contributed by atoms with van der Waals surface area (Å²) in [6.45, 7) is 7.33. The van der Waals surface area contributed by atoms with Gasteiger partial charge in [0, 0.05) is 12.0 Å². The average molecular weight is 171 g/mol. The van der Waals surface area contributed by atoms with Gasteiger partial charge < -0.3 is 5.32 Å². The minimum Gasteiger partial charge on any atom is -0.347 e. The Balaban J connectivity index is 4.02. The predicted molar refractivity (Wildman–Crippen MR) is 47.7 cm³/mol. The molecule has 0 fully saturated rings. The van der Waals surface area contributed by atoms with E-state index in [1.54, 1.807) is 6.92 Å². The maximum absolute atomic E-state index is 11.2. The Morgan fingerprint density at radius 1 is 1.25 bits per heavy atom. The number of hydrogen-bond donors (Lipinski definition) is 1. The molecule has 0 bridgehead atoms. The van der Waals surface area contributed by atoms with E-state index < -0.39 is 5.91 Å². The third-order valence-electron chi connectivity index (χ3n) is 1.70. The smallest absolute Gasteiger partial charge is 0.287 e. The lowest BCUT2D eigenvalue weighted by atomic mass is 10.0. The van der Waals surface area contributed by atoms with Crippen LogP contribution in [0.3, 0.4) is 0 Å². The molecule has 0 saturated heterocycles. The van der Waals surface area contributed by atoms with E-state index in [9.17, 15) is 9.59 Å². The molecule has 0 saturated carbocycles. The SMILES string of the molecule is CCC(C)C(=O)C(=O)NC(C)C. The highest BCUT2D eigenvalue weighted by Gasteiger charge is 2.19. The standard InChI is InChI=1S/C9H17NO2/c1-5-7(4)8(11)9(12)10-6(2)3/h6-7H,5H2,1-4H3,(H,10,12). The zero-order chi connectivity index (χ0) is 9.72. The van der Waals surface area contributed by atoms with Gasteiger partial charge in [0.15, 0.2) is 0 Å². The Morgan fingerprint density at radius 2 is 1.75 bits per heavy atom. The van der Waals surface area contributed by atoms with Gasteiger partial charge in [0.2, 0.25) is 5.78 Å². The van der Waals surface area contributed by atoms with Gasteiger partial charge in [-0.05, 0) is 20.3 Å². The molecule has 0 aromatic rings. The molecule has 3 heteroatoms. The monoisotopic (exact) mass is 171 g/mol. The molecule has 0 aliphatic rings. The van der Waals surface area contributed by atoms with E-state index in [1.165, 1.54) is 0 Å². The number of carbonyl (C=O) groups is 2. The largest absolute Gasteiger partial charge is 0.347 e. The van der Waals surface area contributed by atoms with E-state index in [4.69, 9.17) is 0 Å². The summed E-state index contributed by atoms with van der Waals surface area (Å²) in [6, 6.07) is 0.0329. The molecule has 0 aromatic heterocycles. The van der Waals surface area contributed by atoms with Crippen LogP contribution in [0.1, 0.15) is 34.1 Å². The van der Waals surface area contributed by atoms with Crippen LogP contribution in [0.5, 0.6) is 0 Å². The quantitative estimate of drug-likeness (QED) is 0.644. The molecule has 1 unspecified atom stereocenters. The summed E-state index contributed by atoms with van der Waals surface area (Å²) >= 11 is 0. The molecule has 0 heterocycles. The number of Topliss-reactive ketones (excluding diaryl/α,β-unsaturated/α-hetero) is 1. The topological polar surface area (TPSA) is 46.2 Å². The Kier molecular flexibility index (Phi) is 4.55. The van der Waals surface area contributed by atoms with Crippen molar-refractivity contribution in [2.45, 2.75) is 40.2 Å². The molecule has 1 amide bonds. The Morgan fingerprint density at radius 3 is 2.08 bits per heavy atom. The van der Waals surface area contributed by atoms with Gasteiger partial charge in [-0.3, -0.25) is 9.59 Å². The van der Waals surface area contributed by atoms with E-state index in [0.717, 1.165) is 0 Å². The lowest BCUT2D eigenvalue weighted by Gasteiger charge is -2.10. The first-order valence-electron chi connectivity index (χ1n) is 4.33. The lowest BCUT2D eigenvalue weighted by Crippen LogP contribution is -2.38. The van der Waals surface area contributed by atoms with Crippen molar-refractivity contribution in [3.63, 3.8) is 0 Å². The number of ketones is 1. The van der Waals surface area contributed by atoms with Crippen molar-refractivity contribution in [3.05, 3.63) is 0 Å². The van der Waals surface area contributed by atoms with Gasteiger partial charge in [-0.25, -0.2) is 0 Å². The fourth-order valence-corrected chi connectivity index (χ4v) is 0.743. The summed E-state index contributed by atoms with van der Waals surface area (Å²) in [4.78, 5) is 22.3. The van der Waals surface area contributed by atoms with Crippen LogP contribution in [0.4, 0.5) is 0 Å². The minimum absolute atomic E-state index is 0.0329. The second kappa shape index (κ2) is 4.91. The fraction of sp³-hybridized carbons (Fsp3) is 0.778. The van der Waals surface area contributed by atoms with Crippen LogP contribution < -0.4 is 5.32 Å². The van der Waals surface area contributed by atoms with Crippen LogP contribution in [0.25, 0.3) is 0 Å². The van der Waals surface area contributed by atoms with Gasteiger partial charge in [0.25, 0.3) is 5.91 Å². The van der Waals surface area contributed by atoms with E-state index >= 15 is 0 Å².